The Labute approximate surface area is 260 Å². The van der Waals surface area contributed by atoms with Crippen LogP contribution in [0.15, 0.2) is 36.4 Å². The molecule has 0 aliphatic carbocycles. The van der Waals surface area contributed by atoms with Gasteiger partial charge in [0.05, 0.1) is 27.7 Å². The van der Waals surface area contributed by atoms with Crippen molar-refractivity contribution >= 4 is 25.4 Å². The van der Waals surface area contributed by atoms with Crippen LogP contribution in [0.3, 0.4) is 0 Å². The summed E-state index contributed by atoms with van der Waals surface area (Å²) >= 11 is 0. The van der Waals surface area contributed by atoms with Crippen LogP contribution in [0, 0.1) is 0 Å². The molecule has 0 fully saturated rings. The highest BCUT2D eigenvalue weighted by molar-refractivity contribution is 7.47. The number of quaternary nitrogens is 1. The number of likely N-dealkylation sites (N-methyl/N-ethyl adjacent to an activating group) is 1. The summed E-state index contributed by atoms with van der Waals surface area (Å²) in [5, 5.41) is 11.2. The molecule has 0 saturated heterocycles. The fourth-order valence-electron chi connectivity index (χ4n) is 4.64. The van der Waals surface area contributed by atoms with E-state index >= 15 is 0 Å². The molecule has 1 amide bonds. The largest absolute Gasteiger partial charge is 0.478 e. The summed E-state index contributed by atoms with van der Waals surface area (Å²) in [5.74, 6) is -1.59. The zero-order chi connectivity index (χ0) is 31.8. The molecule has 0 heterocycles. The second-order valence-electron chi connectivity index (χ2n) is 12.4. The lowest BCUT2D eigenvalue weighted by molar-refractivity contribution is -0.870. The molecule has 246 valence electrons. The Bertz CT molecular complexity index is 961. The number of hydrogen-bond acceptors (Lipinski definition) is 5. The molecule has 1 aromatic carbocycles. The van der Waals surface area contributed by atoms with Gasteiger partial charge >= 0.3 is 13.8 Å². The number of nitrogens with one attached hydrogen (secondary N) is 1. The van der Waals surface area contributed by atoms with Crippen LogP contribution in [0.4, 0.5) is 5.69 Å². The predicted octanol–water partition coefficient (Wildman–Crippen LogP) is 7.89. The highest BCUT2D eigenvalue weighted by Gasteiger charge is 2.22. The van der Waals surface area contributed by atoms with Gasteiger partial charge in [-0.25, -0.2) is 9.36 Å². The fraction of sp³-hybridized carbons (Fsp3) is 0.697. The van der Waals surface area contributed by atoms with Gasteiger partial charge in [0.25, 0.3) is 0 Å². The van der Waals surface area contributed by atoms with Crippen LogP contribution in [0.2, 0.25) is 0 Å². The van der Waals surface area contributed by atoms with Gasteiger partial charge in [0.15, 0.2) is 0 Å². The summed E-state index contributed by atoms with van der Waals surface area (Å²) in [4.78, 5) is 31.8. The normalized spacial score (nSPS) is 13.3. The first-order valence-electron chi connectivity index (χ1n) is 16.2. The first-order chi connectivity index (χ1) is 20.5. The smallest absolute Gasteiger partial charge is 0.472 e. The number of phosphoric ester groups is 1. The topological polar surface area (TPSA) is 122 Å². The Morgan fingerprint density at radius 3 is 1.63 bits per heavy atom. The minimum Gasteiger partial charge on any atom is -0.478 e. The SMILES string of the molecule is C[N+](C)(C)CCOP(=O)(O)OCCCCCCCCCCCCCCCCCCc1ccc(NC(=O)/C=C\C(=O)O)cc1. The molecule has 1 rings (SSSR count). The lowest BCUT2D eigenvalue weighted by Gasteiger charge is -2.24. The van der Waals surface area contributed by atoms with Gasteiger partial charge < -0.3 is 19.8 Å². The second-order valence-corrected chi connectivity index (χ2v) is 13.9. The van der Waals surface area contributed by atoms with Crippen LogP contribution >= 0.6 is 7.82 Å². The number of carboxylic acids is 1. The Balaban J connectivity index is 1.85. The third kappa shape index (κ3) is 25.0. The number of carbonyl (C=O) groups excluding carboxylic acids is 1. The van der Waals surface area contributed by atoms with E-state index in [-0.39, 0.29) is 13.2 Å². The molecule has 1 atom stereocenters. The van der Waals surface area contributed by atoms with E-state index in [0.717, 1.165) is 44.3 Å². The number of phosphoric acid groups is 1. The molecule has 10 heteroatoms. The maximum atomic E-state index is 11.9. The predicted molar refractivity (Wildman–Crippen MR) is 174 cm³/mol. The number of nitrogens with zero attached hydrogens (tertiary/aromatic N) is 1. The van der Waals surface area contributed by atoms with Crippen molar-refractivity contribution in [3.05, 3.63) is 42.0 Å². The Morgan fingerprint density at radius 1 is 0.721 bits per heavy atom. The number of rotatable bonds is 27. The van der Waals surface area contributed by atoms with Crippen LogP contribution in [-0.4, -0.2) is 67.3 Å². The number of carbonyl (C=O) groups is 2. The highest BCUT2D eigenvalue weighted by atomic mass is 31.2. The average Bonchev–Trinajstić information content (AvgIpc) is 2.93. The molecule has 43 heavy (non-hydrogen) atoms. The van der Waals surface area contributed by atoms with Crippen LogP contribution in [0.25, 0.3) is 0 Å². The summed E-state index contributed by atoms with van der Waals surface area (Å²) < 4.78 is 22.6. The number of anilines is 1. The number of unbranched alkanes of at least 4 members (excludes halogenated alkanes) is 15. The second kappa shape index (κ2) is 23.4. The molecular formula is C33H58N2O7P+. The minimum atomic E-state index is -3.92. The summed E-state index contributed by atoms with van der Waals surface area (Å²) in [6, 6.07) is 7.73. The van der Waals surface area contributed by atoms with Crippen LogP contribution in [0.5, 0.6) is 0 Å². The maximum absolute atomic E-state index is 11.9. The van der Waals surface area contributed by atoms with Gasteiger partial charge in [-0.05, 0) is 37.0 Å². The maximum Gasteiger partial charge on any atom is 0.472 e. The van der Waals surface area contributed by atoms with Crippen molar-refractivity contribution in [3.63, 3.8) is 0 Å². The molecule has 1 unspecified atom stereocenters. The van der Waals surface area contributed by atoms with Crippen molar-refractivity contribution < 1.29 is 37.7 Å². The van der Waals surface area contributed by atoms with Gasteiger partial charge in [-0.2, -0.15) is 0 Å². The number of aryl methyl sites for hydroxylation is 1. The van der Waals surface area contributed by atoms with E-state index in [1.54, 1.807) is 0 Å². The number of aliphatic carboxylic acids is 1. The quantitative estimate of drug-likeness (QED) is 0.0393. The molecule has 0 spiro atoms. The molecular weight excluding hydrogens is 567 g/mol. The van der Waals surface area contributed by atoms with Gasteiger partial charge in [0.1, 0.15) is 13.2 Å². The first kappa shape index (κ1) is 39.0. The van der Waals surface area contributed by atoms with Crippen molar-refractivity contribution in [1.29, 1.82) is 0 Å². The van der Waals surface area contributed by atoms with E-state index in [1.807, 2.05) is 45.4 Å². The molecule has 0 aliphatic rings. The molecule has 0 saturated carbocycles. The zero-order valence-corrected chi connectivity index (χ0v) is 27.8. The van der Waals surface area contributed by atoms with Crippen molar-refractivity contribution in [2.75, 3.05) is 46.2 Å². The van der Waals surface area contributed by atoms with Crippen molar-refractivity contribution in [2.24, 2.45) is 0 Å². The van der Waals surface area contributed by atoms with E-state index in [1.165, 1.54) is 82.6 Å². The fourth-order valence-corrected chi connectivity index (χ4v) is 5.39. The minimum absolute atomic E-state index is 0.210. The molecule has 0 radical (unpaired) electrons. The molecule has 9 nitrogen and oxygen atoms in total. The van der Waals surface area contributed by atoms with Gasteiger partial charge in [0, 0.05) is 17.8 Å². The number of carboxylic acid groups (broad SMARTS) is 1. The lowest BCUT2D eigenvalue weighted by Crippen LogP contribution is -2.37. The number of amides is 1. The van der Waals surface area contributed by atoms with Crippen LogP contribution in [0.1, 0.15) is 108 Å². The lowest BCUT2D eigenvalue weighted by atomic mass is 10.0. The number of hydrogen-bond donors (Lipinski definition) is 3. The average molecular weight is 626 g/mol. The van der Waals surface area contributed by atoms with Gasteiger partial charge in [0.2, 0.25) is 5.91 Å². The monoisotopic (exact) mass is 625 g/mol. The van der Waals surface area contributed by atoms with E-state index < -0.39 is 19.7 Å². The molecule has 0 aliphatic heterocycles. The Hall–Kier alpha value is -2.03. The van der Waals surface area contributed by atoms with Crippen LogP contribution < -0.4 is 5.32 Å². The van der Waals surface area contributed by atoms with Crippen LogP contribution in [-0.2, 0) is 29.6 Å². The molecule has 1 aromatic rings. The van der Waals surface area contributed by atoms with E-state index in [9.17, 15) is 19.0 Å². The summed E-state index contributed by atoms with van der Waals surface area (Å²) in [5.41, 5.74) is 1.91. The van der Waals surface area contributed by atoms with Gasteiger partial charge in [-0.1, -0.05) is 102 Å². The first-order valence-corrected chi connectivity index (χ1v) is 17.7. The van der Waals surface area contributed by atoms with Crippen molar-refractivity contribution in [2.45, 2.75) is 109 Å². The number of benzene rings is 1. The van der Waals surface area contributed by atoms with Crippen molar-refractivity contribution in [3.8, 4) is 0 Å². The van der Waals surface area contributed by atoms with Gasteiger partial charge in [-0.15, -0.1) is 0 Å². The standard InChI is InChI=1S/C33H57N2O7P/c1-35(2,3)27-29-42-43(39,40)41-28-19-17-15-13-11-9-7-5-4-6-8-10-12-14-16-18-20-30-21-23-31(24-22-30)34-32(36)25-26-33(37)38/h21-26H,4-20,27-29H2,1-3H3,(H2-,34,36,37,38,39,40)/p+1/b26-25-. The highest BCUT2D eigenvalue weighted by Crippen LogP contribution is 2.43. The Morgan fingerprint density at radius 2 is 1.16 bits per heavy atom. The Kier molecular flexibility index (Phi) is 21.2. The zero-order valence-electron chi connectivity index (χ0n) is 26.9. The third-order valence-corrected chi connectivity index (χ3v) is 8.25. The van der Waals surface area contributed by atoms with E-state index in [0.29, 0.717) is 16.7 Å². The van der Waals surface area contributed by atoms with Crippen molar-refractivity contribution in [1.82, 2.24) is 0 Å². The molecule has 0 bridgehead atoms. The molecule has 3 N–H and O–H groups in total. The summed E-state index contributed by atoms with van der Waals surface area (Å²) in [6.45, 7) is 1.14. The third-order valence-electron chi connectivity index (χ3n) is 7.23. The van der Waals surface area contributed by atoms with Gasteiger partial charge in [-0.3, -0.25) is 13.8 Å². The van der Waals surface area contributed by atoms with E-state index in [4.69, 9.17) is 14.2 Å². The van der Waals surface area contributed by atoms with E-state index in [2.05, 4.69) is 5.32 Å². The summed E-state index contributed by atoms with van der Waals surface area (Å²) in [6.07, 6.45) is 22.5. The molecule has 0 aromatic heterocycles. The summed E-state index contributed by atoms with van der Waals surface area (Å²) in [7, 11) is 2.10.